The number of hydrazine groups is 1. The quantitative estimate of drug-likeness (QED) is 0.266. The molecule has 0 radical (unpaired) electrons. The van der Waals surface area contributed by atoms with E-state index in [0.29, 0.717) is 11.7 Å². The molecule has 0 atom stereocenters. The minimum absolute atomic E-state index is 0.425. The summed E-state index contributed by atoms with van der Waals surface area (Å²) in [6.07, 6.45) is 2.21. The molecular formula is C5H10N6S. The Kier molecular flexibility index (Phi) is 3.42. The van der Waals surface area contributed by atoms with Crippen molar-refractivity contribution < 1.29 is 0 Å². The van der Waals surface area contributed by atoms with Crippen LogP contribution in [0.25, 0.3) is 0 Å². The van der Waals surface area contributed by atoms with E-state index in [9.17, 15) is 0 Å². The maximum absolute atomic E-state index is 5.04. The maximum atomic E-state index is 5.04. The molecule has 0 saturated heterocycles. The lowest BCUT2D eigenvalue weighted by Gasteiger charge is -2.03. The predicted molar refractivity (Wildman–Crippen MR) is 48.0 cm³/mol. The molecule has 0 fully saturated rings. The zero-order chi connectivity index (χ0) is 8.81. The zero-order valence-electron chi connectivity index (χ0n) is 6.37. The number of aromatic amines is 1. The Morgan fingerprint density at radius 2 is 2.58 bits per heavy atom. The lowest BCUT2D eigenvalue weighted by atomic mass is 10.4. The Labute approximate surface area is 74.9 Å². The van der Waals surface area contributed by atoms with Crippen molar-refractivity contribution in [3.8, 4) is 0 Å². The first-order valence-electron chi connectivity index (χ1n) is 3.41. The molecule has 0 saturated carbocycles. The first kappa shape index (κ1) is 8.88. The Morgan fingerprint density at radius 1 is 1.75 bits per heavy atom. The fraction of sp³-hybridized carbons (Fsp3) is 0.400. The minimum Gasteiger partial charge on any atom is -0.361 e. The summed E-state index contributed by atoms with van der Waals surface area (Å²) in [6.45, 7) is 0.679. The fourth-order valence-corrected chi connectivity index (χ4v) is 0.799. The number of nitrogens with two attached hydrogens (primary N) is 1. The van der Waals surface area contributed by atoms with Crippen LogP contribution in [0, 0.1) is 0 Å². The summed E-state index contributed by atoms with van der Waals surface area (Å²) in [6, 6.07) is 0. The van der Waals surface area contributed by atoms with Crippen molar-refractivity contribution in [1.82, 2.24) is 25.9 Å². The normalized spacial score (nSPS) is 9.42. The second-order valence-electron chi connectivity index (χ2n) is 2.08. The molecule has 7 heteroatoms. The van der Waals surface area contributed by atoms with Crippen LogP contribution in [-0.4, -0.2) is 26.8 Å². The van der Waals surface area contributed by atoms with Gasteiger partial charge in [-0.3, -0.25) is 5.10 Å². The molecule has 1 aromatic rings. The SMILES string of the molecule is NNC(=S)NCCc1ncn[nH]1. The number of nitrogens with one attached hydrogen (secondary N) is 3. The zero-order valence-corrected chi connectivity index (χ0v) is 7.19. The maximum Gasteiger partial charge on any atom is 0.180 e. The average Bonchev–Trinajstić information content (AvgIpc) is 2.57. The van der Waals surface area contributed by atoms with Crippen LogP contribution in [0.4, 0.5) is 0 Å². The van der Waals surface area contributed by atoms with Gasteiger partial charge in [-0.05, 0) is 12.2 Å². The second-order valence-corrected chi connectivity index (χ2v) is 2.49. The average molecular weight is 186 g/mol. The van der Waals surface area contributed by atoms with Crippen molar-refractivity contribution in [1.29, 1.82) is 0 Å². The number of hydrogen-bond donors (Lipinski definition) is 4. The Balaban J connectivity index is 2.15. The van der Waals surface area contributed by atoms with Crippen LogP contribution in [-0.2, 0) is 6.42 Å². The Bertz CT molecular complexity index is 232. The Morgan fingerprint density at radius 3 is 3.17 bits per heavy atom. The van der Waals surface area contributed by atoms with Crippen LogP contribution in [0.1, 0.15) is 5.82 Å². The van der Waals surface area contributed by atoms with E-state index in [-0.39, 0.29) is 0 Å². The van der Waals surface area contributed by atoms with Gasteiger partial charge in [-0.2, -0.15) is 5.10 Å². The summed E-state index contributed by atoms with van der Waals surface area (Å²) >= 11 is 4.76. The highest BCUT2D eigenvalue weighted by Gasteiger charge is 1.95. The van der Waals surface area contributed by atoms with E-state index in [4.69, 9.17) is 18.1 Å². The van der Waals surface area contributed by atoms with Crippen LogP contribution >= 0.6 is 12.2 Å². The van der Waals surface area contributed by atoms with E-state index >= 15 is 0 Å². The molecule has 1 heterocycles. The molecule has 0 bridgehead atoms. The monoisotopic (exact) mass is 186 g/mol. The van der Waals surface area contributed by atoms with Crippen LogP contribution in [0.2, 0.25) is 0 Å². The lowest BCUT2D eigenvalue weighted by molar-refractivity contribution is 0.796. The standard InChI is InChI=1S/C5H10N6S/c6-10-5(12)7-2-1-4-8-3-9-11-4/h3H,1-2,6H2,(H2,7,10,12)(H,8,9,11). The molecule has 0 unspecified atom stereocenters. The summed E-state index contributed by atoms with van der Waals surface area (Å²) in [5, 5.41) is 9.74. The number of rotatable bonds is 3. The summed E-state index contributed by atoms with van der Waals surface area (Å²) in [5.41, 5.74) is 2.32. The highest BCUT2D eigenvalue weighted by Crippen LogP contribution is 1.84. The second kappa shape index (κ2) is 4.62. The van der Waals surface area contributed by atoms with Gasteiger partial charge in [-0.25, -0.2) is 10.8 Å². The first-order chi connectivity index (χ1) is 5.83. The third kappa shape index (κ3) is 2.81. The van der Waals surface area contributed by atoms with Crippen molar-refractivity contribution in [3.05, 3.63) is 12.2 Å². The van der Waals surface area contributed by atoms with E-state index < -0.39 is 0 Å². The van der Waals surface area contributed by atoms with Gasteiger partial charge in [0.2, 0.25) is 0 Å². The summed E-state index contributed by atoms with van der Waals surface area (Å²) in [5.74, 6) is 5.86. The number of hydrogen-bond acceptors (Lipinski definition) is 4. The van der Waals surface area contributed by atoms with Gasteiger partial charge >= 0.3 is 0 Å². The van der Waals surface area contributed by atoms with Crippen LogP contribution < -0.4 is 16.6 Å². The summed E-state index contributed by atoms with van der Waals surface area (Å²) < 4.78 is 0. The number of aromatic nitrogens is 3. The molecule has 5 N–H and O–H groups in total. The predicted octanol–water partition coefficient (Wildman–Crippen LogP) is -1.32. The summed E-state index contributed by atoms with van der Waals surface area (Å²) in [7, 11) is 0. The molecule has 0 amide bonds. The number of H-pyrrole nitrogens is 1. The third-order valence-corrected chi connectivity index (χ3v) is 1.51. The molecule has 0 aliphatic rings. The number of thiocarbonyl (C=S) groups is 1. The highest BCUT2D eigenvalue weighted by atomic mass is 32.1. The van der Waals surface area contributed by atoms with E-state index in [0.717, 1.165) is 12.2 Å². The van der Waals surface area contributed by atoms with E-state index in [1.165, 1.54) is 6.33 Å². The molecular weight excluding hydrogens is 176 g/mol. The van der Waals surface area contributed by atoms with Crippen LogP contribution in [0.5, 0.6) is 0 Å². The van der Waals surface area contributed by atoms with Crippen LogP contribution in [0.3, 0.4) is 0 Å². The van der Waals surface area contributed by atoms with Gasteiger partial charge < -0.3 is 10.7 Å². The largest absolute Gasteiger partial charge is 0.361 e. The van der Waals surface area contributed by atoms with Gasteiger partial charge in [0.15, 0.2) is 5.11 Å². The van der Waals surface area contributed by atoms with Gasteiger partial charge in [-0.15, -0.1) is 0 Å². The fourth-order valence-electron chi connectivity index (χ4n) is 0.697. The van der Waals surface area contributed by atoms with Crippen molar-refractivity contribution in [2.75, 3.05) is 6.54 Å². The molecule has 66 valence electrons. The molecule has 0 aliphatic heterocycles. The minimum atomic E-state index is 0.425. The van der Waals surface area contributed by atoms with Crippen molar-refractivity contribution in [2.45, 2.75) is 6.42 Å². The van der Waals surface area contributed by atoms with Gasteiger partial charge in [-0.1, -0.05) is 0 Å². The molecule has 1 aromatic heterocycles. The van der Waals surface area contributed by atoms with Gasteiger partial charge in [0, 0.05) is 13.0 Å². The molecule has 0 aromatic carbocycles. The molecule has 12 heavy (non-hydrogen) atoms. The van der Waals surface area contributed by atoms with Crippen molar-refractivity contribution in [2.24, 2.45) is 5.84 Å². The topological polar surface area (TPSA) is 91.7 Å². The van der Waals surface area contributed by atoms with Crippen molar-refractivity contribution in [3.63, 3.8) is 0 Å². The molecule has 6 nitrogen and oxygen atoms in total. The smallest absolute Gasteiger partial charge is 0.180 e. The third-order valence-electron chi connectivity index (χ3n) is 1.24. The van der Waals surface area contributed by atoms with E-state index in [1.54, 1.807) is 0 Å². The lowest BCUT2D eigenvalue weighted by Crippen LogP contribution is -2.40. The molecule has 1 rings (SSSR count). The highest BCUT2D eigenvalue weighted by molar-refractivity contribution is 7.80. The van der Waals surface area contributed by atoms with Crippen molar-refractivity contribution >= 4 is 17.3 Å². The first-order valence-corrected chi connectivity index (χ1v) is 3.82. The number of nitrogens with zero attached hydrogens (tertiary/aromatic N) is 2. The summed E-state index contributed by atoms with van der Waals surface area (Å²) in [4.78, 5) is 3.94. The van der Waals surface area contributed by atoms with Crippen LogP contribution in [0.15, 0.2) is 6.33 Å². The van der Waals surface area contributed by atoms with Gasteiger partial charge in [0.1, 0.15) is 12.2 Å². The van der Waals surface area contributed by atoms with E-state index in [1.807, 2.05) is 0 Å². The van der Waals surface area contributed by atoms with Gasteiger partial charge in [0.25, 0.3) is 0 Å². The Hall–Kier alpha value is -1.21. The molecule has 0 spiro atoms. The van der Waals surface area contributed by atoms with E-state index in [2.05, 4.69) is 25.9 Å². The molecule has 0 aliphatic carbocycles. The van der Waals surface area contributed by atoms with Gasteiger partial charge in [0.05, 0.1) is 0 Å².